The third-order valence-electron chi connectivity index (χ3n) is 6.47. The van der Waals surface area contributed by atoms with E-state index in [1.807, 2.05) is 38.1 Å². The minimum atomic E-state index is -0.264. The fourth-order valence-corrected chi connectivity index (χ4v) is 4.78. The molecule has 1 fully saturated rings. The number of aromatic nitrogens is 1. The molecule has 0 unspecified atom stereocenters. The van der Waals surface area contributed by atoms with Crippen LogP contribution in [0.4, 0.5) is 10.4 Å². The molecule has 6 nitrogen and oxygen atoms in total. The van der Waals surface area contributed by atoms with E-state index < -0.39 is 0 Å². The van der Waals surface area contributed by atoms with Crippen LogP contribution in [0.5, 0.6) is 11.5 Å². The van der Waals surface area contributed by atoms with E-state index in [-0.39, 0.29) is 5.82 Å². The molecule has 0 radical (unpaired) electrons. The Kier molecular flexibility index (Phi) is 7.37. The molecule has 0 amide bonds. The lowest BCUT2D eigenvalue weighted by atomic mass is 9.99. The number of nitrogens with one attached hydrogen (secondary N) is 1. The SMILES string of the molecule is CCOc1cc(CN2CCC(Nc3nc4ccccc4o3)CC2)cc(OCC)c1-c1ccc(F)cc1. The van der Waals surface area contributed by atoms with E-state index >= 15 is 0 Å². The molecule has 1 saturated heterocycles. The highest BCUT2D eigenvalue weighted by molar-refractivity contribution is 5.77. The third kappa shape index (κ3) is 5.46. The Morgan fingerprint density at radius 2 is 1.64 bits per heavy atom. The second-order valence-corrected chi connectivity index (χ2v) is 9.02. The summed E-state index contributed by atoms with van der Waals surface area (Å²) in [7, 11) is 0. The first-order valence-corrected chi connectivity index (χ1v) is 12.7. The Balaban J connectivity index is 1.28. The van der Waals surface area contributed by atoms with Gasteiger partial charge in [-0.1, -0.05) is 24.3 Å². The number of anilines is 1. The van der Waals surface area contributed by atoms with Crippen LogP contribution in [-0.4, -0.2) is 42.2 Å². The number of benzene rings is 3. The molecule has 36 heavy (non-hydrogen) atoms. The molecule has 2 heterocycles. The second kappa shape index (κ2) is 11.0. The fraction of sp³-hybridized carbons (Fsp3) is 0.345. The van der Waals surface area contributed by atoms with Gasteiger partial charge in [0.15, 0.2) is 5.58 Å². The van der Waals surface area contributed by atoms with E-state index in [2.05, 4.69) is 27.3 Å². The number of oxazole rings is 1. The van der Waals surface area contributed by atoms with Gasteiger partial charge in [-0.2, -0.15) is 4.98 Å². The van der Waals surface area contributed by atoms with E-state index in [0.717, 1.165) is 71.8 Å². The van der Waals surface area contributed by atoms with Crippen LogP contribution in [0.1, 0.15) is 32.3 Å². The molecule has 1 N–H and O–H groups in total. The van der Waals surface area contributed by atoms with Crippen molar-refractivity contribution in [3.05, 3.63) is 72.0 Å². The molecule has 4 aromatic rings. The smallest absolute Gasteiger partial charge is 0.295 e. The normalized spacial score (nSPS) is 14.8. The van der Waals surface area contributed by atoms with E-state index in [4.69, 9.17) is 13.9 Å². The van der Waals surface area contributed by atoms with E-state index in [0.29, 0.717) is 25.3 Å². The molecule has 1 aliphatic rings. The quantitative estimate of drug-likeness (QED) is 0.289. The van der Waals surface area contributed by atoms with Gasteiger partial charge in [0.25, 0.3) is 6.01 Å². The molecule has 0 spiro atoms. The van der Waals surface area contributed by atoms with Crippen molar-refractivity contribution in [3.8, 4) is 22.6 Å². The van der Waals surface area contributed by atoms with Crippen molar-refractivity contribution < 1.29 is 18.3 Å². The van der Waals surface area contributed by atoms with Crippen LogP contribution in [0.25, 0.3) is 22.2 Å². The highest BCUT2D eigenvalue weighted by Crippen LogP contribution is 2.40. The molecule has 0 saturated carbocycles. The van der Waals surface area contributed by atoms with Crippen LogP contribution in [0.2, 0.25) is 0 Å². The van der Waals surface area contributed by atoms with Crippen LogP contribution in [0, 0.1) is 5.82 Å². The van der Waals surface area contributed by atoms with Crippen molar-refractivity contribution in [2.75, 3.05) is 31.6 Å². The second-order valence-electron chi connectivity index (χ2n) is 9.02. The summed E-state index contributed by atoms with van der Waals surface area (Å²) in [5.74, 6) is 1.26. The zero-order chi connectivity index (χ0) is 24.9. The number of ether oxygens (including phenoxy) is 2. The van der Waals surface area contributed by atoms with Gasteiger partial charge in [-0.25, -0.2) is 4.39 Å². The predicted octanol–water partition coefficient (Wildman–Crippen LogP) is 6.51. The van der Waals surface area contributed by atoms with Gasteiger partial charge in [0.05, 0.1) is 18.8 Å². The topological polar surface area (TPSA) is 59.8 Å². The van der Waals surface area contributed by atoms with Gasteiger partial charge in [0.1, 0.15) is 22.8 Å². The maximum absolute atomic E-state index is 13.5. The Bertz CT molecular complexity index is 1240. The van der Waals surface area contributed by atoms with Crippen molar-refractivity contribution in [2.24, 2.45) is 0 Å². The molecular formula is C29H32FN3O3. The minimum Gasteiger partial charge on any atom is -0.493 e. The number of likely N-dealkylation sites (tertiary alicyclic amines) is 1. The van der Waals surface area contributed by atoms with Crippen LogP contribution < -0.4 is 14.8 Å². The number of fused-ring (bicyclic) bond motifs is 1. The maximum atomic E-state index is 13.5. The first-order chi connectivity index (χ1) is 17.6. The number of nitrogens with zero attached hydrogens (tertiary/aromatic N) is 2. The Morgan fingerprint density at radius 3 is 2.28 bits per heavy atom. The number of halogens is 1. The molecule has 0 aliphatic carbocycles. The Hall–Kier alpha value is -3.58. The number of para-hydroxylation sites is 2. The fourth-order valence-electron chi connectivity index (χ4n) is 4.78. The van der Waals surface area contributed by atoms with E-state index in [9.17, 15) is 4.39 Å². The minimum absolute atomic E-state index is 0.264. The van der Waals surface area contributed by atoms with Crippen molar-refractivity contribution in [1.29, 1.82) is 0 Å². The highest BCUT2D eigenvalue weighted by atomic mass is 19.1. The molecule has 1 aromatic heterocycles. The lowest BCUT2D eigenvalue weighted by molar-refractivity contribution is 0.209. The van der Waals surface area contributed by atoms with E-state index in [1.54, 1.807) is 12.1 Å². The first kappa shape index (κ1) is 24.1. The molecule has 0 bridgehead atoms. The van der Waals surface area contributed by atoms with Gasteiger partial charge in [-0.3, -0.25) is 4.90 Å². The lowest BCUT2D eigenvalue weighted by Crippen LogP contribution is -2.38. The number of hydrogen-bond donors (Lipinski definition) is 1. The van der Waals surface area contributed by atoms with Crippen molar-refractivity contribution >= 4 is 17.1 Å². The predicted molar refractivity (Wildman–Crippen MR) is 140 cm³/mol. The zero-order valence-electron chi connectivity index (χ0n) is 20.8. The molecule has 0 atom stereocenters. The number of piperidine rings is 1. The molecule has 188 valence electrons. The number of rotatable bonds is 9. The standard InChI is InChI=1S/C29H32FN3O3/c1-3-34-26-17-20(18-27(35-4-2)28(26)21-9-11-22(30)12-10-21)19-33-15-13-23(14-16-33)31-29-32-24-7-5-6-8-25(24)36-29/h5-12,17-18,23H,3-4,13-16,19H2,1-2H3,(H,31,32). The Labute approximate surface area is 211 Å². The summed E-state index contributed by atoms with van der Waals surface area (Å²) in [6.07, 6.45) is 2.01. The Morgan fingerprint density at radius 1 is 0.972 bits per heavy atom. The van der Waals surface area contributed by atoms with E-state index in [1.165, 1.54) is 12.1 Å². The molecule has 7 heteroatoms. The molecule has 1 aliphatic heterocycles. The summed E-state index contributed by atoms with van der Waals surface area (Å²) in [6, 6.07) is 19.4. The average Bonchev–Trinajstić information content (AvgIpc) is 3.29. The zero-order valence-corrected chi connectivity index (χ0v) is 20.8. The summed E-state index contributed by atoms with van der Waals surface area (Å²) >= 11 is 0. The monoisotopic (exact) mass is 489 g/mol. The number of hydrogen-bond acceptors (Lipinski definition) is 6. The molecule has 5 rings (SSSR count). The van der Waals surface area contributed by atoms with Gasteiger partial charge in [-0.05, 0) is 74.2 Å². The van der Waals surface area contributed by atoms with Crippen molar-refractivity contribution in [1.82, 2.24) is 9.88 Å². The summed E-state index contributed by atoms with van der Waals surface area (Å²) in [6.45, 7) is 7.75. The lowest BCUT2D eigenvalue weighted by Gasteiger charge is -2.32. The molecular weight excluding hydrogens is 457 g/mol. The van der Waals surface area contributed by atoms with Gasteiger partial charge < -0.3 is 19.2 Å². The van der Waals surface area contributed by atoms with Gasteiger partial charge in [0, 0.05) is 25.7 Å². The summed E-state index contributed by atoms with van der Waals surface area (Å²) in [5, 5.41) is 3.46. The third-order valence-corrected chi connectivity index (χ3v) is 6.47. The van der Waals surface area contributed by atoms with Gasteiger partial charge >= 0.3 is 0 Å². The maximum Gasteiger partial charge on any atom is 0.295 e. The van der Waals surface area contributed by atoms with Crippen LogP contribution >= 0.6 is 0 Å². The van der Waals surface area contributed by atoms with Crippen LogP contribution in [0.15, 0.2) is 65.1 Å². The van der Waals surface area contributed by atoms with Gasteiger partial charge in [-0.15, -0.1) is 0 Å². The van der Waals surface area contributed by atoms with Crippen LogP contribution in [0.3, 0.4) is 0 Å². The molecule has 3 aromatic carbocycles. The average molecular weight is 490 g/mol. The highest BCUT2D eigenvalue weighted by Gasteiger charge is 2.22. The first-order valence-electron chi connectivity index (χ1n) is 12.7. The van der Waals surface area contributed by atoms with Crippen molar-refractivity contribution in [3.63, 3.8) is 0 Å². The summed E-state index contributed by atoms with van der Waals surface area (Å²) in [5.41, 5.74) is 4.55. The van der Waals surface area contributed by atoms with Crippen molar-refractivity contribution in [2.45, 2.75) is 39.3 Å². The van der Waals surface area contributed by atoms with Gasteiger partial charge in [0.2, 0.25) is 0 Å². The largest absolute Gasteiger partial charge is 0.493 e. The summed E-state index contributed by atoms with van der Waals surface area (Å²) < 4.78 is 31.4. The summed E-state index contributed by atoms with van der Waals surface area (Å²) in [4.78, 5) is 6.99. The van der Waals surface area contributed by atoms with Crippen LogP contribution in [-0.2, 0) is 6.54 Å².